The van der Waals surface area contributed by atoms with Crippen molar-refractivity contribution in [2.24, 2.45) is 0 Å². The zero-order valence-electron chi connectivity index (χ0n) is 10.3. The lowest BCUT2D eigenvalue weighted by Gasteiger charge is -1.99. The van der Waals surface area contributed by atoms with Crippen LogP contribution in [-0.2, 0) is 0 Å². The Balaban J connectivity index is 2.13. The summed E-state index contributed by atoms with van der Waals surface area (Å²) in [5.41, 5.74) is 3.67. The summed E-state index contributed by atoms with van der Waals surface area (Å²) in [7, 11) is 0. The highest BCUT2D eigenvalue weighted by molar-refractivity contribution is 5.67. The molecule has 0 N–H and O–H groups in total. The van der Waals surface area contributed by atoms with Gasteiger partial charge >= 0.3 is 0 Å². The first-order valence-electron chi connectivity index (χ1n) is 6.05. The summed E-state index contributed by atoms with van der Waals surface area (Å²) in [6, 6.07) is 19.9. The molecule has 0 fully saturated rings. The predicted molar refractivity (Wildman–Crippen MR) is 76.9 cm³/mol. The normalized spacial score (nSPS) is 10.1. The summed E-state index contributed by atoms with van der Waals surface area (Å²) in [6.07, 6.45) is 7.46. The second-order valence-corrected chi connectivity index (χ2v) is 4.18. The molecule has 1 heterocycles. The number of benzene rings is 2. The third kappa shape index (κ3) is 2.14. The molecular formula is C17H12N2. The minimum absolute atomic E-state index is 0.801. The van der Waals surface area contributed by atoms with Crippen molar-refractivity contribution in [1.29, 1.82) is 0 Å². The molecule has 0 aliphatic heterocycles. The topological polar surface area (TPSA) is 17.8 Å². The number of para-hydroxylation sites is 1. The number of hydrogen-bond donors (Lipinski definition) is 0. The van der Waals surface area contributed by atoms with Gasteiger partial charge in [0.1, 0.15) is 5.69 Å². The maximum Gasteiger partial charge on any atom is 0.108 e. The molecular weight excluding hydrogens is 232 g/mol. The molecule has 0 radical (unpaired) electrons. The molecule has 3 rings (SSSR count). The van der Waals surface area contributed by atoms with E-state index in [0.717, 1.165) is 22.5 Å². The Morgan fingerprint density at radius 2 is 1.53 bits per heavy atom. The Bertz CT molecular complexity index is 719. The van der Waals surface area contributed by atoms with Gasteiger partial charge in [-0.25, -0.2) is 4.68 Å². The summed E-state index contributed by atoms with van der Waals surface area (Å²) in [5.74, 6) is 2.70. The summed E-state index contributed by atoms with van der Waals surface area (Å²) >= 11 is 0. The van der Waals surface area contributed by atoms with Crippen LogP contribution in [0.25, 0.3) is 16.9 Å². The van der Waals surface area contributed by atoms with E-state index in [2.05, 4.69) is 11.0 Å². The van der Waals surface area contributed by atoms with Crippen LogP contribution in [0.15, 0.2) is 66.9 Å². The van der Waals surface area contributed by atoms with Gasteiger partial charge in [-0.15, -0.1) is 6.42 Å². The number of hydrogen-bond acceptors (Lipinski definition) is 1. The average molecular weight is 244 g/mol. The van der Waals surface area contributed by atoms with E-state index in [4.69, 9.17) is 6.42 Å². The van der Waals surface area contributed by atoms with Crippen LogP contribution in [0.5, 0.6) is 0 Å². The minimum atomic E-state index is 0.801. The molecule has 0 spiro atoms. The van der Waals surface area contributed by atoms with Crippen LogP contribution in [0.3, 0.4) is 0 Å². The van der Waals surface area contributed by atoms with Crippen molar-refractivity contribution in [3.8, 4) is 29.3 Å². The number of terminal acetylenes is 1. The lowest BCUT2D eigenvalue weighted by Crippen LogP contribution is -1.93. The van der Waals surface area contributed by atoms with Crippen LogP contribution >= 0.6 is 0 Å². The highest BCUT2D eigenvalue weighted by atomic mass is 15.3. The van der Waals surface area contributed by atoms with Gasteiger partial charge in [-0.2, -0.15) is 5.10 Å². The van der Waals surface area contributed by atoms with Gasteiger partial charge in [0.05, 0.1) is 11.3 Å². The molecule has 2 aromatic carbocycles. The van der Waals surface area contributed by atoms with Gasteiger partial charge in [-0.05, 0) is 12.1 Å². The predicted octanol–water partition coefficient (Wildman–Crippen LogP) is 3.52. The molecule has 0 unspecified atom stereocenters. The lowest BCUT2D eigenvalue weighted by atomic mass is 10.1. The summed E-state index contributed by atoms with van der Waals surface area (Å²) in [6.45, 7) is 0. The van der Waals surface area contributed by atoms with Crippen molar-refractivity contribution in [2.45, 2.75) is 0 Å². The fourth-order valence-electron chi connectivity index (χ4n) is 2.00. The first kappa shape index (κ1) is 11.3. The summed E-state index contributed by atoms with van der Waals surface area (Å²) in [4.78, 5) is 0. The Labute approximate surface area is 112 Å². The molecule has 90 valence electrons. The van der Waals surface area contributed by atoms with Gasteiger partial charge in [-0.3, -0.25) is 0 Å². The van der Waals surface area contributed by atoms with E-state index in [1.165, 1.54) is 0 Å². The zero-order valence-corrected chi connectivity index (χ0v) is 10.3. The van der Waals surface area contributed by atoms with Crippen LogP contribution in [-0.4, -0.2) is 9.78 Å². The molecule has 0 bridgehead atoms. The van der Waals surface area contributed by atoms with Crippen LogP contribution in [0.2, 0.25) is 0 Å². The maximum absolute atomic E-state index is 5.58. The molecule has 2 nitrogen and oxygen atoms in total. The van der Waals surface area contributed by atoms with Crippen molar-refractivity contribution in [1.82, 2.24) is 9.78 Å². The van der Waals surface area contributed by atoms with Crippen LogP contribution in [0, 0.1) is 12.3 Å². The van der Waals surface area contributed by atoms with Gasteiger partial charge in [0.15, 0.2) is 0 Å². The second-order valence-electron chi connectivity index (χ2n) is 4.18. The molecule has 3 aromatic rings. The quantitative estimate of drug-likeness (QED) is 0.631. The largest absolute Gasteiger partial charge is 0.239 e. The summed E-state index contributed by atoms with van der Waals surface area (Å²) < 4.78 is 1.82. The first-order chi connectivity index (χ1) is 9.38. The Morgan fingerprint density at radius 3 is 2.16 bits per heavy atom. The molecule has 1 aromatic heterocycles. The molecule has 0 aliphatic rings. The van der Waals surface area contributed by atoms with Crippen molar-refractivity contribution in [3.05, 3.63) is 72.4 Å². The zero-order chi connectivity index (χ0) is 13.1. The first-order valence-corrected chi connectivity index (χ1v) is 6.05. The average Bonchev–Trinajstić information content (AvgIpc) is 2.93. The van der Waals surface area contributed by atoms with Crippen LogP contribution < -0.4 is 0 Å². The highest BCUT2D eigenvalue weighted by Crippen LogP contribution is 2.22. The Morgan fingerprint density at radius 1 is 0.895 bits per heavy atom. The van der Waals surface area contributed by atoms with E-state index in [0.29, 0.717) is 0 Å². The van der Waals surface area contributed by atoms with E-state index in [1.54, 1.807) is 0 Å². The molecule has 0 amide bonds. The number of nitrogens with zero attached hydrogens (tertiary/aromatic N) is 2. The van der Waals surface area contributed by atoms with Crippen molar-refractivity contribution in [3.63, 3.8) is 0 Å². The standard InChI is InChI=1S/C17H12N2/c1-2-14-13-19(16-11-7-4-8-12-16)18-17(14)15-9-5-3-6-10-15/h1,3-13H. The highest BCUT2D eigenvalue weighted by Gasteiger charge is 2.09. The monoisotopic (exact) mass is 244 g/mol. The SMILES string of the molecule is C#Cc1cn(-c2ccccc2)nc1-c1ccccc1. The minimum Gasteiger partial charge on any atom is -0.239 e. The smallest absolute Gasteiger partial charge is 0.108 e. The Hall–Kier alpha value is -2.79. The van der Waals surface area contributed by atoms with E-state index in [-0.39, 0.29) is 0 Å². The van der Waals surface area contributed by atoms with Gasteiger partial charge < -0.3 is 0 Å². The van der Waals surface area contributed by atoms with E-state index < -0.39 is 0 Å². The van der Waals surface area contributed by atoms with Crippen molar-refractivity contribution in [2.75, 3.05) is 0 Å². The molecule has 19 heavy (non-hydrogen) atoms. The van der Waals surface area contributed by atoms with Gasteiger partial charge in [0, 0.05) is 11.8 Å². The Kier molecular flexibility index (Phi) is 2.88. The van der Waals surface area contributed by atoms with E-state index in [1.807, 2.05) is 71.5 Å². The van der Waals surface area contributed by atoms with Gasteiger partial charge in [-0.1, -0.05) is 54.5 Å². The van der Waals surface area contributed by atoms with Crippen molar-refractivity contribution < 1.29 is 0 Å². The van der Waals surface area contributed by atoms with E-state index in [9.17, 15) is 0 Å². The van der Waals surface area contributed by atoms with Crippen LogP contribution in [0.1, 0.15) is 5.56 Å². The van der Waals surface area contributed by atoms with Crippen molar-refractivity contribution >= 4 is 0 Å². The maximum atomic E-state index is 5.58. The third-order valence-electron chi connectivity index (χ3n) is 2.94. The lowest BCUT2D eigenvalue weighted by molar-refractivity contribution is 0.884. The second kappa shape index (κ2) is 4.83. The number of aromatic nitrogens is 2. The molecule has 0 atom stereocenters. The molecule has 0 aliphatic carbocycles. The fraction of sp³-hybridized carbons (Fsp3) is 0. The molecule has 2 heteroatoms. The summed E-state index contributed by atoms with van der Waals surface area (Å²) in [5, 5.41) is 4.60. The molecule has 0 saturated heterocycles. The fourth-order valence-corrected chi connectivity index (χ4v) is 2.00. The van der Waals surface area contributed by atoms with E-state index >= 15 is 0 Å². The van der Waals surface area contributed by atoms with Gasteiger partial charge in [0.2, 0.25) is 0 Å². The molecule has 0 saturated carbocycles. The number of rotatable bonds is 2. The van der Waals surface area contributed by atoms with Gasteiger partial charge in [0.25, 0.3) is 0 Å². The van der Waals surface area contributed by atoms with Crippen LogP contribution in [0.4, 0.5) is 0 Å². The third-order valence-corrected chi connectivity index (χ3v) is 2.94.